The molecule has 1 rings (SSSR count). The van der Waals surface area contributed by atoms with E-state index in [0.717, 1.165) is 18.4 Å². The van der Waals surface area contributed by atoms with Crippen molar-refractivity contribution in [2.75, 3.05) is 12.8 Å². The number of nitrogens with zero attached hydrogens (tertiary/aromatic N) is 1. The molecule has 8 heteroatoms. The third-order valence-corrected chi connectivity index (χ3v) is 5.02. The summed E-state index contributed by atoms with van der Waals surface area (Å²) in [5, 5.41) is 8.76. The molecular weight excluding hydrogens is 402 g/mol. The lowest BCUT2D eigenvalue weighted by Gasteiger charge is -2.18. The number of hydrazine groups is 1. The zero-order chi connectivity index (χ0) is 22.9. The Morgan fingerprint density at radius 2 is 1.77 bits per heavy atom. The van der Waals surface area contributed by atoms with Crippen molar-refractivity contribution in [3.63, 3.8) is 0 Å². The van der Waals surface area contributed by atoms with E-state index in [1.807, 2.05) is 56.3 Å². The van der Waals surface area contributed by atoms with Crippen LogP contribution in [0.3, 0.4) is 0 Å². The van der Waals surface area contributed by atoms with Gasteiger partial charge in [0.1, 0.15) is 11.0 Å². The number of carbonyl (C=O) groups is 2. The molecule has 0 fully saturated rings. The quantitative estimate of drug-likeness (QED) is 0.263. The summed E-state index contributed by atoms with van der Waals surface area (Å²) in [6, 6.07) is 9.98. The summed E-state index contributed by atoms with van der Waals surface area (Å²) in [5.74, 6) is 0.490. The largest absolute Gasteiger partial charge is 0.289 e. The summed E-state index contributed by atoms with van der Waals surface area (Å²) in [6.45, 7) is 8.85. The van der Waals surface area contributed by atoms with Gasteiger partial charge in [-0.2, -0.15) is 0 Å². The van der Waals surface area contributed by atoms with Crippen LogP contribution in [0.15, 0.2) is 36.4 Å². The molecule has 0 saturated heterocycles. The van der Waals surface area contributed by atoms with E-state index in [0.29, 0.717) is 31.2 Å². The van der Waals surface area contributed by atoms with Crippen LogP contribution in [0.4, 0.5) is 0 Å². The number of allylic oxidation sites excluding steroid dienone is 1. The number of amides is 2. The second-order valence-electron chi connectivity index (χ2n) is 7.82. The third kappa shape index (κ3) is 14.0. The van der Waals surface area contributed by atoms with Crippen LogP contribution in [0.5, 0.6) is 0 Å². The number of carbonyl (C=O) groups excluding carboxylic acids is 2. The number of hydroxylamine groups is 1. The number of benzene rings is 1. The van der Waals surface area contributed by atoms with Crippen molar-refractivity contribution in [1.29, 1.82) is 0 Å². The molecule has 1 aromatic rings. The van der Waals surface area contributed by atoms with E-state index in [2.05, 4.69) is 19.3 Å². The second-order valence-corrected chi connectivity index (χ2v) is 9.11. The maximum absolute atomic E-state index is 11.6. The molecule has 30 heavy (non-hydrogen) atoms. The Morgan fingerprint density at radius 3 is 2.23 bits per heavy atom. The highest BCUT2D eigenvalue weighted by Gasteiger charge is 2.16. The van der Waals surface area contributed by atoms with Crippen LogP contribution in [0, 0.1) is 17.8 Å². The molecule has 0 aromatic heterocycles. The van der Waals surface area contributed by atoms with Crippen molar-refractivity contribution in [3.8, 4) is 0 Å². The first-order valence-electron chi connectivity index (χ1n) is 10.2. The monoisotopic (exact) mass is 439 g/mol. The van der Waals surface area contributed by atoms with E-state index in [9.17, 15) is 13.8 Å². The molecule has 2 atom stereocenters. The maximum atomic E-state index is 11.6. The van der Waals surface area contributed by atoms with Crippen molar-refractivity contribution in [1.82, 2.24) is 15.3 Å². The first-order valence-corrected chi connectivity index (χ1v) is 11.7. The van der Waals surface area contributed by atoms with Gasteiger partial charge < -0.3 is 0 Å². The molecule has 0 aliphatic heterocycles. The van der Waals surface area contributed by atoms with Crippen LogP contribution in [-0.4, -0.2) is 38.9 Å². The highest BCUT2D eigenvalue weighted by atomic mass is 32.2. The van der Waals surface area contributed by atoms with E-state index < -0.39 is 11.0 Å². The van der Waals surface area contributed by atoms with Gasteiger partial charge in [-0.25, -0.2) is 9.69 Å². The molecule has 0 spiro atoms. The van der Waals surface area contributed by atoms with Gasteiger partial charge in [-0.15, -0.1) is 4.41 Å². The number of hydrogen-bond donors (Lipinski definition) is 3. The Balaban J connectivity index is 0.000000654. The fraction of sp³-hybridized carbons (Fsp3) is 0.545. The average Bonchev–Trinajstić information content (AvgIpc) is 2.70. The van der Waals surface area contributed by atoms with Gasteiger partial charge in [-0.05, 0) is 30.2 Å². The van der Waals surface area contributed by atoms with Gasteiger partial charge in [-0.1, -0.05) is 76.6 Å². The average molecular weight is 440 g/mol. The Morgan fingerprint density at radius 1 is 1.13 bits per heavy atom. The van der Waals surface area contributed by atoms with Gasteiger partial charge in [0, 0.05) is 18.7 Å². The van der Waals surface area contributed by atoms with E-state index in [4.69, 9.17) is 5.21 Å². The van der Waals surface area contributed by atoms with Gasteiger partial charge in [0.2, 0.25) is 12.3 Å². The zero-order valence-corrected chi connectivity index (χ0v) is 19.5. The highest BCUT2D eigenvalue weighted by Crippen LogP contribution is 2.17. The summed E-state index contributed by atoms with van der Waals surface area (Å²) in [7, 11) is -1.13. The predicted molar refractivity (Wildman–Crippen MR) is 122 cm³/mol. The summed E-state index contributed by atoms with van der Waals surface area (Å²) in [5.41, 5.74) is 5.25. The van der Waals surface area contributed by atoms with Crippen molar-refractivity contribution in [2.24, 2.45) is 17.8 Å². The molecule has 2 amide bonds. The van der Waals surface area contributed by atoms with E-state index in [-0.39, 0.29) is 11.8 Å². The van der Waals surface area contributed by atoms with E-state index >= 15 is 0 Å². The molecule has 170 valence electrons. The molecule has 0 heterocycles. The molecule has 7 nitrogen and oxygen atoms in total. The topological polar surface area (TPSA) is 98.7 Å². The summed E-state index contributed by atoms with van der Waals surface area (Å²) < 4.78 is 12.3. The lowest BCUT2D eigenvalue weighted by atomic mass is 9.94. The Bertz CT molecular complexity index is 651. The van der Waals surface area contributed by atoms with Gasteiger partial charge in [0.15, 0.2) is 0 Å². The van der Waals surface area contributed by atoms with E-state index in [1.54, 1.807) is 5.48 Å². The van der Waals surface area contributed by atoms with Gasteiger partial charge in [0.25, 0.3) is 0 Å². The molecule has 0 radical (unpaired) electrons. The molecule has 0 aliphatic carbocycles. The number of hydrogen-bond acceptors (Lipinski definition) is 4. The molecule has 0 aliphatic rings. The van der Waals surface area contributed by atoms with Crippen LogP contribution < -0.4 is 10.9 Å². The molecule has 3 N–H and O–H groups in total. The number of rotatable bonds is 12. The molecule has 1 unspecified atom stereocenters. The Hall–Kier alpha value is -2.03. The lowest BCUT2D eigenvalue weighted by Crippen LogP contribution is -2.40. The Kier molecular flexibility index (Phi) is 15.6. The van der Waals surface area contributed by atoms with Crippen LogP contribution in [0.25, 0.3) is 6.08 Å². The maximum Gasteiger partial charge on any atom is 0.246 e. The summed E-state index contributed by atoms with van der Waals surface area (Å²) in [4.78, 5) is 21.6. The van der Waals surface area contributed by atoms with Gasteiger partial charge in [-0.3, -0.25) is 20.2 Å². The normalized spacial score (nSPS) is 13.1. The number of nitrogens with one attached hydrogen (secondary N) is 2. The van der Waals surface area contributed by atoms with Crippen molar-refractivity contribution in [2.45, 2.75) is 47.0 Å². The minimum absolute atomic E-state index is 0.160. The van der Waals surface area contributed by atoms with Crippen LogP contribution >= 0.6 is 0 Å². The lowest BCUT2D eigenvalue weighted by molar-refractivity contribution is -0.133. The van der Waals surface area contributed by atoms with Crippen LogP contribution in [-0.2, 0) is 20.6 Å². The first-order chi connectivity index (χ1) is 14.2. The SMILES string of the molecule is CC(C)CC[C@H](C/C=C/c1ccccc1)C(=O)NO.CC(C)CN(NC=O)S(C)=O. The smallest absolute Gasteiger partial charge is 0.246 e. The molecular formula is C22H37N3O4S. The summed E-state index contributed by atoms with van der Waals surface area (Å²) in [6.07, 6.45) is 8.49. The molecule has 0 saturated carbocycles. The fourth-order valence-corrected chi connectivity index (χ4v) is 3.24. The van der Waals surface area contributed by atoms with Crippen molar-refractivity contribution < 1.29 is 19.0 Å². The van der Waals surface area contributed by atoms with Crippen LogP contribution in [0.2, 0.25) is 0 Å². The molecule has 0 bridgehead atoms. The summed E-state index contributed by atoms with van der Waals surface area (Å²) >= 11 is 0. The zero-order valence-electron chi connectivity index (χ0n) is 18.7. The first kappa shape index (κ1) is 28.0. The predicted octanol–water partition coefficient (Wildman–Crippen LogP) is 3.55. The fourth-order valence-electron chi connectivity index (χ4n) is 2.54. The second kappa shape index (κ2) is 16.7. The van der Waals surface area contributed by atoms with E-state index in [1.165, 1.54) is 10.7 Å². The van der Waals surface area contributed by atoms with Crippen molar-refractivity contribution in [3.05, 3.63) is 42.0 Å². The van der Waals surface area contributed by atoms with Gasteiger partial charge in [0.05, 0.1) is 0 Å². The minimum atomic E-state index is -1.13. The molecule has 1 aromatic carbocycles. The van der Waals surface area contributed by atoms with Crippen molar-refractivity contribution >= 4 is 29.4 Å². The standard InChI is InChI=1S/C16H23NO2.C6H14N2O2S/c1-13(2)11-12-15(16(18)17-19)10-6-9-14-7-4-3-5-8-14;1-6(2)4-8(7-5-9)11(3)10/h3-9,13,15,19H,10-12H2,1-2H3,(H,17,18);5-6H,4H2,1-3H3,(H,7,9)/b9-6+;/t15-;/m0./s1. The third-order valence-electron chi connectivity index (χ3n) is 4.14. The minimum Gasteiger partial charge on any atom is -0.289 e. The van der Waals surface area contributed by atoms with Gasteiger partial charge >= 0.3 is 0 Å². The Labute approximate surface area is 183 Å². The highest BCUT2D eigenvalue weighted by molar-refractivity contribution is 7.81. The van der Waals surface area contributed by atoms with Crippen LogP contribution in [0.1, 0.15) is 52.5 Å².